The Morgan fingerprint density at radius 1 is 1.44 bits per heavy atom. The van der Waals surface area contributed by atoms with E-state index in [2.05, 4.69) is 9.97 Å². The summed E-state index contributed by atoms with van der Waals surface area (Å²) in [4.78, 5) is 7.86. The molecule has 0 saturated heterocycles. The zero-order chi connectivity index (χ0) is 11.4. The van der Waals surface area contributed by atoms with Gasteiger partial charge in [-0.15, -0.1) is 0 Å². The van der Waals surface area contributed by atoms with E-state index in [1.807, 2.05) is 0 Å². The van der Waals surface area contributed by atoms with E-state index in [0.717, 1.165) is 12.8 Å². The molecular formula is C11H16ClN3O. The van der Waals surface area contributed by atoms with E-state index in [1.54, 1.807) is 6.20 Å². The normalized spacial score (nSPS) is 25.4. The summed E-state index contributed by atoms with van der Waals surface area (Å²) in [5, 5.41) is 0.462. The molecule has 1 aliphatic rings. The lowest BCUT2D eigenvalue weighted by Gasteiger charge is -2.30. The smallest absolute Gasteiger partial charge is 0.235 e. The van der Waals surface area contributed by atoms with Gasteiger partial charge in [-0.3, -0.25) is 0 Å². The zero-order valence-corrected chi connectivity index (χ0v) is 9.86. The number of ether oxygens (including phenoxy) is 1. The molecule has 16 heavy (non-hydrogen) atoms. The Kier molecular flexibility index (Phi) is 3.96. The van der Waals surface area contributed by atoms with E-state index in [0.29, 0.717) is 23.4 Å². The molecule has 0 aliphatic heterocycles. The largest absolute Gasteiger partial charge is 0.473 e. The average Bonchev–Trinajstić information content (AvgIpc) is 2.33. The van der Waals surface area contributed by atoms with Crippen molar-refractivity contribution >= 4 is 11.6 Å². The molecule has 2 N–H and O–H groups in total. The van der Waals surface area contributed by atoms with Crippen LogP contribution in [0.3, 0.4) is 0 Å². The Morgan fingerprint density at radius 3 is 3.00 bits per heavy atom. The molecule has 0 aromatic carbocycles. The number of halogens is 1. The van der Waals surface area contributed by atoms with Gasteiger partial charge in [0.25, 0.3) is 0 Å². The van der Waals surface area contributed by atoms with Gasteiger partial charge in [0.1, 0.15) is 17.5 Å². The van der Waals surface area contributed by atoms with Crippen molar-refractivity contribution in [3.63, 3.8) is 0 Å². The minimum atomic E-state index is 0.145. The third kappa shape index (κ3) is 2.62. The van der Waals surface area contributed by atoms with Gasteiger partial charge in [-0.05, 0) is 25.8 Å². The van der Waals surface area contributed by atoms with Crippen LogP contribution in [0.4, 0.5) is 0 Å². The second-order valence-corrected chi connectivity index (χ2v) is 4.52. The number of nitrogens with two attached hydrogens (primary N) is 1. The van der Waals surface area contributed by atoms with Crippen molar-refractivity contribution in [2.75, 3.05) is 6.54 Å². The minimum absolute atomic E-state index is 0.145. The molecule has 1 heterocycles. The predicted molar refractivity (Wildman–Crippen MR) is 62.5 cm³/mol. The molecule has 1 aromatic heterocycles. The molecule has 5 heteroatoms. The monoisotopic (exact) mass is 241 g/mol. The summed E-state index contributed by atoms with van der Waals surface area (Å²) in [5.74, 6) is 0.891. The quantitative estimate of drug-likeness (QED) is 0.880. The molecule has 0 radical (unpaired) electrons. The van der Waals surface area contributed by atoms with Crippen LogP contribution in [-0.4, -0.2) is 22.6 Å². The highest BCUT2D eigenvalue weighted by molar-refractivity contribution is 6.31. The summed E-state index contributed by atoms with van der Waals surface area (Å²) >= 11 is 5.95. The van der Waals surface area contributed by atoms with Crippen molar-refractivity contribution in [2.24, 2.45) is 11.7 Å². The standard InChI is InChI=1S/C11H16ClN3O/c12-9-6-14-7-15-11(9)16-10-4-2-1-3-8(10)5-13/h6-8,10H,1-5,13H2. The predicted octanol–water partition coefficient (Wildman–Crippen LogP) is 2.03. The van der Waals surface area contributed by atoms with Crippen LogP contribution in [0.2, 0.25) is 5.02 Å². The Hall–Kier alpha value is -0.870. The lowest BCUT2D eigenvalue weighted by Crippen LogP contribution is -2.35. The van der Waals surface area contributed by atoms with Crippen molar-refractivity contribution in [3.05, 3.63) is 17.5 Å². The van der Waals surface area contributed by atoms with Crippen molar-refractivity contribution in [1.29, 1.82) is 0 Å². The van der Waals surface area contributed by atoms with Gasteiger partial charge in [0, 0.05) is 5.92 Å². The summed E-state index contributed by atoms with van der Waals surface area (Å²) in [6, 6.07) is 0. The van der Waals surface area contributed by atoms with Crippen LogP contribution in [0, 0.1) is 5.92 Å². The van der Waals surface area contributed by atoms with E-state index < -0.39 is 0 Å². The van der Waals surface area contributed by atoms with Gasteiger partial charge in [-0.25, -0.2) is 9.97 Å². The van der Waals surface area contributed by atoms with Crippen LogP contribution < -0.4 is 10.5 Å². The molecule has 2 atom stereocenters. The number of hydrogen-bond donors (Lipinski definition) is 1. The Morgan fingerprint density at radius 2 is 2.25 bits per heavy atom. The van der Waals surface area contributed by atoms with Gasteiger partial charge in [0.15, 0.2) is 0 Å². The van der Waals surface area contributed by atoms with Crippen LogP contribution in [0.25, 0.3) is 0 Å². The van der Waals surface area contributed by atoms with Gasteiger partial charge < -0.3 is 10.5 Å². The number of hydrogen-bond acceptors (Lipinski definition) is 4. The van der Waals surface area contributed by atoms with E-state index in [-0.39, 0.29) is 6.10 Å². The maximum absolute atomic E-state index is 5.95. The van der Waals surface area contributed by atoms with E-state index in [4.69, 9.17) is 22.1 Å². The van der Waals surface area contributed by atoms with E-state index in [9.17, 15) is 0 Å². The Labute approximate surface area is 100 Å². The van der Waals surface area contributed by atoms with Crippen LogP contribution in [-0.2, 0) is 0 Å². The molecule has 1 fully saturated rings. The first kappa shape index (κ1) is 11.6. The molecule has 2 rings (SSSR count). The maximum atomic E-state index is 5.95. The minimum Gasteiger partial charge on any atom is -0.473 e. The average molecular weight is 242 g/mol. The highest BCUT2D eigenvalue weighted by atomic mass is 35.5. The molecule has 1 aliphatic carbocycles. The first-order valence-electron chi connectivity index (χ1n) is 5.63. The van der Waals surface area contributed by atoms with Crippen molar-refractivity contribution in [2.45, 2.75) is 31.8 Å². The highest BCUT2D eigenvalue weighted by Crippen LogP contribution is 2.29. The van der Waals surface area contributed by atoms with Crippen molar-refractivity contribution in [1.82, 2.24) is 9.97 Å². The molecule has 0 bridgehead atoms. The summed E-state index contributed by atoms with van der Waals surface area (Å²) < 4.78 is 5.83. The second-order valence-electron chi connectivity index (χ2n) is 4.11. The summed E-state index contributed by atoms with van der Waals surface area (Å²) in [7, 11) is 0. The van der Waals surface area contributed by atoms with Gasteiger partial charge in [0.05, 0.1) is 6.20 Å². The zero-order valence-electron chi connectivity index (χ0n) is 9.10. The molecule has 1 saturated carbocycles. The molecule has 0 spiro atoms. The first-order chi connectivity index (χ1) is 7.81. The van der Waals surface area contributed by atoms with Gasteiger partial charge in [0.2, 0.25) is 5.88 Å². The number of rotatable bonds is 3. The molecule has 1 aromatic rings. The van der Waals surface area contributed by atoms with Crippen LogP contribution >= 0.6 is 11.6 Å². The summed E-state index contributed by atoms with van der Waals surface area (Å²) in [6.07, 6.45) is 7.71. The topological polar surface area (TPSA) is 61.0 Å². The van der Waals surface area contributed by atoms with E-state index >= 15 is 0 Å². The van der Waals surface area contributed by atoms with Gasteiger partial charge >= 0.3 is 0 Å². The maximum Gasteiger partial charge on any atom is 0.235 e. The molecular weight excluding hydrogens is 226 g/mol. The fraction of sp³-hybridized carbons (Fsp3) is 0.636. The molecule has 4 nitrogen and oxygen atoms in total. The molecule has 0 amide bonds. The Balaban J connectivity index is 2.05. The summed E-state index contributed by atoms with van der Waals surface area (Å²) in [6.45, 7) is 0.660. The lowest BCUT2D eigenvalue weighted by molar-refractivity contribution is 0.0922. The SMILES string of the molecule is NCC1CCCCC1Oc1ncncc1Cl. The molecule has 2 unspecified atom stereocenters. The summed E-state index contributed by atoms with van der Waals surface area (Å²) in [5.41, 5.74) is 5.74. The van der Waals surface area contributed by atoms with Gasteiger partial charge in [-0.2, -0.15) is 0 Å². The van der Waals surface area contributed by atoms with Crippen LogP contribution in [0.15, 0.2) is 12.5 Å². The highest BCUT2D eigenvalue weighted by Gasteiger charge is 2.26. The second kappa shape index (κ2) is 5.46. The Bertz CT molecular complexity index is 348. The number of aromatic nitrogens is 2. The van der Waals surface area contributed by atoms with E-state index in [1.165, 1.54) is 19.2 Å². The molecule has 88 valence electrons. The van der Waals surface area contributed by atoms with Crippen LogP contribution in [0.5, 0.6) is 5.88 Å². The van der Waals surface area contributed by atoms with Gasteiger partial charge in [-0.1, -0.05) is 18.0 Å². The van der Waals surface area contributed by atoms with Crippen molar-refractivity contribution < 1.29 is 4.74 Å². The number of nitrogens with zero attached hydrogens (tertiary/aromatic N) is 2. The fourth-order valence-corrected chi connectivity index (χ4v) is 2.28. The van der Waals surface area contributed by atoms with Crippen molar-refractivity contribution in [3.8, 4) is 5.88 Å². The third-order valence-electron chi connectivity index (χ3n) is 3.04. The third-order valence-corrected chi connectivity index (χ3v) is 3.30. The first-order valence-corrected chi connectivity index (χ1v) is 6.01. The van der Waals surface area contributed by atoms with Crippen LogP contribution in [0.1, 0.15) is 25.7 Å². The lowest BCUT2D eigenvalue weighted by atomic mass is 9.86. The fourth-order valence-electron chi connectivity index (χ4n) is 2.13.